The van der Waals surface area contributed by atoms with Gasteiger partial charge in [-0.25, -0.2) is 0 Å². The van der Waals surface area contributed by atoms with Crippen LogP contribution in [0.5, 0.6) is 0 Å². The lowest BCUT2D eigenvalue weighted by Crippen LogP contribution is -2.35. The number of amides is 1. The summed E-state index contributed by atoms with van der Waals surface area (Å²) in [6.07, 6.45) is 0. The lowest BCUT2D eigenvalue weighted by atomic mass is 10.1. The second kappa shape index (κ2) is 5.26. The Hall–Kier alpha value is -1.85. The average molecular weight is 332 g/mol. The first kappa shape index (κ1) is 13.1. The standard InChI is InChI=1S/C15H14BrN3O/c16-11-5-6-13(10(7-11)8-17)19-9-15(20)18-12-3-1-2-4-14(12)19/h1-7H,8-9,17H2,(H,18,20). The molecule has 1 aliphatic rings. The Bertz CT molecular complexity index is 672. The van der Waals surface area contributed by atoms with E-state index in [1.54, 1.807) is 0 Å². The molecule has 0 aromatic heterocycles. The summed E-state index contributed by atoms with van der Waals surface area (Å²) in [7, 11) is 0. The van der Waals surface area contributed by atoms with Crippen molar-refractivity contribution in [2.24, 2.45) is 5.73 Å². The molecule has 2 aromatic carbocycles. The fourth-order valence-corrected chi connectivity index (χ4v) is 2.84. The van der Waals surface area contributed by atoms with Crippen LogP contribution >= 0.6 is 15.9 Å². The first-order valence-corrected chi connectivity index (χ1v) is 7.13. The van der Waals surface area contributed by atoms with Crippen LogP contribution in [0.1, 0.15) is 5.56 Å². The maximum atomic E-state index is 11.9. The van der Waals surface area contributed by atoms with E-state index in [1.165, 1.54) is 0 Å². The molecule has 2 aromatic rings. The largest absolute Gasteiger partial charge is 0.330 e. The van der Waals surface area contributed by atoms with Gasteiger partial charge in [0.1, 0.15) is 6.54 Å². The SMILES string of the molecule is NCc1cc(Br)ccc1N1CC(=O)Nc2ccccc21. The van der Waals surface area contributed by atoms with E-state index >= 15 is 0 Å². The number of nitrogens with one attached hydrogen (secondary N) is 1. The van der Waals surface area contributed by atoms with E-state index in [9.17, 15) is 4.79 Å². The molecule has 3 rings (SSSR count). The number of nitrogens with zero attached hydrogens (tertiary/aromatic N) is 1. The Morgan fingerprint density at radius 1 is 1.20 bits per heavy atom. The van der Waals surface area contributed by atoms with E-state index in [-0.39, 0.29) is 5.91 Å². The van der Waals surface area contributed by atoms with E-state index < -0.39 is 0 Å². The molecule has 0 spiro atoms. The van der Waals surface area contributed by atoms with Crippen LogP contribution in [-0.4, -0.2) is 12.5 Å². The molecular weight excluding hydrogens is 318 g/mol. The highest BCUT2D eigenvalue weighted by atomic mass is 79.9. The van der Waals surface area contributed by atoms with Crippen LogP contribution in [0.3, 0.4) is 0 Å². The summed E-state index contributed by atoms with van der Waals surface area (Å²) < 4.78 is 0.983. The van der Waals surface area contributed by atoms with Crippen LogP contribution in [-0.2, 0) is 11.3 Å². The highest BCUT2D eigenvalue weighted by molar-refractivity contribution is 9.10. The van der Waals surface area contributed by atoms with E-state index in [2.05, 4.69) is 21.2 Å². The topological polar surface area (TPSA) is 58.4 Å². The number of anilines is 3. The number of benzene rings is 2. The Labute approximate surface area is 125 Å². The smallest absolute Gasteiger partial charge is 0.244 e. The maximum Gasteiger partial charge on any atom is 0.244 e. The molecule has 0 unspecified atom stereocenters. The Kier molecular flexibility index (Phi) is 3.46. The molecule has 0 saturated heterocycles. The minimum atomic E-state index is -0.0189. The molecule has 1 heterocycles. The molecule has 1 aliphatic heterocycles. The van der Waals surface area contributed by atoms with Gasteiger partial charge in [0.15, 0.2) is 0 Å². The zero-order valence-electron chi connectivity index (χ0n) is 10.8. The van der Waals surface area contributed by atoms with Crippen LogP contribution in [0.4, 0.5) is 17.1 Å². The van der Waals surface area contributed by atoms with Crippen molar-refractivity contribution < 1.29 is 4.79 Å². The van der Waals surface area contributed by atoms with Crippen molar-refractivity contribution in [2.45, 2.75) is 6.54 Å². The molecule has 0 fully saturated rings. The normalized spacial score (nSPS) is 13.9. The van der Waals surface area contributed by atoms with Gasteiger partial charge in [-0.3, -0.25) is 4.79 Å². The number of para-hydroxylation sites is 2. The molecule has 3 N–H and O–H groups in total. The highest BCUT2D eigenvalue weighted by Gasteiger charge is 2.24. The van der Waals surface area contributed by atoms with E-state index in [1.807, 2.05) is 47.4 Å². The van der Waals surface area contributed by atoms with Gasteiger partial charge in [0, 0.05) is 16.7 Å². The van der Waals surface area contributed by atoms with E-state index in [0.717, 1.165) is 27.1 Å². The Balaban J connectivity index is 2.13. The van der Waals surface area contributed by atoms with Crippen molar-refractivity contribution >= 4 is 38.9 Å². The lowest BCUT2D eigenvalue weighted by Gasteiger charge is -2.32. The third-order valence-electron chi connectivity index (χ3n) is 3.32. The number of carbonyl (C=O) groups excluding carboxylic acids is 1. The molecule has 5 heteroatoms. The minimum absolute atomic E-state index is 0.0189. The summed E-state index contributed by atoms with van der Waals surface area (Å²) >= 11 is 3.45. The summed E-state index contributed by atoms with van der Waals surface area (Å²) in [6, 6.07) is 13.7. The van der Waals surface area contributed by atoms with Gasteiger partial charge in [-0.2, -0.15) is 0 Å². The lowest BCUT2D eigenvalue weighted by molar-refractivity contribution is -0.115. The van der Waals surface area contributed by atoms with Crippen molar-refractivity contribution in [1.29, 1.82) is 0 Å². The first-order chi connectivity index (χ1) is 9.69. The summed E-state index contributed by atoms with van der Waals surface area (Å²) in [5.41, 5.74) is 9.63. The number of fused-ring (bicyclic) bond motifs is 1. The van der Waals surface area contributed by atoms with Gasteiger partial charge in [-0.1, -0.05) is 28.1 Å². The number of hydrogen-bond donors (Lipinski definition) is 2. The molecule has 0 radical (unpaired) electrons. The summed E-state index contributed by atoms with van der Waals surface area (Å²) in [5, 5.41) is 2.89. The first-order valence-electron chi connectivity index (χ1n) is 6.34. The Morgan fingerprint density at radius 3 is 2.80 bits per heavy atom. The molecule has 0 atom stereocenters. The molecular formula is C15H14BrN3O. The van der Waals surface area contributed by atoms with Gasteiger partial charge in [0.25, 0.3) is 0 Å². The van der Waals surface area contributed by atoms with Gasteiger partial charge in [0.05, 0.1) is 11.4 Å². The number of hydrogen-bond acceptors (Lipinski definition) is 3. The molecule has 20 heavy (non-hydrogen) atoms. The zero-order valence-corrected chi connectivity index (χ0v) is 12.4. The third kappa shape index (κ3) is 2.30. The van der Waals surface area contributed by atoms with Crippen molar-refractivity contribution in [1.82, 2.24) is 0 Å². The second-order valence-corrected chi connectivity index (χ2v) is 5.54. The molecule has 1 amide bonds. The van der Waals surface area contributed by atoms with Gasteiger partial charge in [-0.05, 0) is 35.9 Å². The number of halogens is 1. The fraction of sp³-hybridized carbons (Fsp3) is 0.133. The van der Waals surface area contributed by atoms with Crippen molar-refractivity contribution in [3.8, 4) is 0 Å². The quantitative estimate of drug-likeness (QED) is 0.889. The van der Waals surface area contributed by atoms with E-state index in [0.29, 0.717) is 13.1 Å². The van der Waals surface area contributed by atoms with Crippen molar-refractivity contribution in [3.63, 3.8) is 0 Å². The van der Waals surface area contributed by atoms with Crippen LogP contribution < -0.4 is 16.0 Å². The molecule has 0 aliphatic carbocycles. The fourth-order valence-electron chi connectivity index (χ4n) is 2.43. The van der Waals surface area contributed by atoms with Crippen LogP contribution in [0.25, 0.3) is 0 Å². The van der Waals surface area contributed by atoms with Crippen molar-refractivity contribution in [3.05, 3.63) is 52.5 Å². The molecule has 0 saturated carbocycles. The van der Waals surface area contributed by atoms with Gasteiger partial charge < -0.3 is 16.0 Å². The highest BCUT2D eigenvalue weighted by Crippen LogP contribution is 2.37. The van der Waals surface area contributed by atoms with Gasteiger partial charge in [0.2, 0.25) is 5.91 Å². The van der Waals surface area contributed by atoms with Gasteiger partial charge >= 0.3 is 0 Å². The number of nitrogens with two attached hydrogens (primary N) is 1. The Morgan fingerprint density at radius 2 is 2.00 bits per heavy atom. The van der Waals surface area contributed by atoms with Crippen LogP contribution in [0.15, 0.2) is 46.9 Å². The zero-order chi connectivity index (χ0) is 14.1. The third-order valence-corrected chi connectivity index (χ3v) is 3.82. The van der Waals surface area contributed by atoms with Crippen LogP contribution in [0, 0.1) is 0 Å². The maximum absolute atomic E-state index is 11.9. The average Bonchev–Trinajstić information content (AvgIpc) is 2.46. The van der Waals surface area contributed by atoms with E-state index in [4.69, 9.17) is 5.73 Å². The second-order valence-electron chi connectivity index (χ2n) is 4.63. The summed E-state index contributed by atoms with van der Waals surface area (Å²) in [5.74, 6) is -0.0189. The molecule has 0 bridgehead atoms. The van der Waals surface area contributed by atoms with Crippen LogP contribution in [0.2, 0.25) is 0 Å². The summed E-state index contributed by atoms with van der Waals surface area (Å²) in [4.78, 5) is 13.9. The van der Waals surface area contributed by atoms with Gasteiger partial charge in [-0.15, -0.1) is 0 Å². The number of rotatable bonds is 2. The molecule has 102 valence electrons. The monoisotopic (exact) mass is 331 g/mol. The predicted molar refractivity (Wildman–Crippen MR) is 84.1 cm³/mol. The van der Waals surface area contributed by atoms with Crippen molar-refractivity contribution in [2.75, 3.05) is 16.8 Å². The number of carbonyl (C=O) groups is 1. The summed E-state index contributed by atoms with van der Waals surface area (Å²) in [6.45, 7) is 0.723. The molecule has 4 nitrogen and oxygen atoms in total. The predicted octanol–water partition coefficient (Wildman–Crippen LogP) is 3.00. The minimum Gasteiger partial charge on any atom is -0.330 e.